The highest BCUT2D eigenvalue weighted by Gasteiger charge is 2.33. The number of aliphatic hydroxyl groups is 3. The number of rotatable bonds is 9. The maximum Gasteiger partial charge on any atom is 0.334 e. The minimum Gasteiger partial charge on any atom is -0.492 e. The summed E-state index contributed by atoms with van der Waals surface area (Å²) < 4.78 is 9.78. The highest BCUT2D eigenvalue weighted by Crippen LogP contribution is 2.42. The Morgan fingerprint density at radius 2 is 1.12 bits per heavy atom. The Balaban J connectivity index is 0.00000118. The van der Waals surface area contributed by atoms with E-state index in [2.05, 4.69) is 64.9 Å². The van der Waals surface area contributed by atoms with E-state index in [-0.39, 0.29) is 37.3 Å². The Morgan fingerprint density at radius 3 is 1.34 bits per heavy atom. The molecule has 0 aliphatic rings. The van der Waals surface area contributed by atoms with Gasteiger partial charge < -0.3 is 39.6 Å². The molecular weight excluding hydrogens is 458 g/mol. The van der Waals surface area contributed by atoms with Gasteiger partial charge in [0.1, 0.15) is 12.4 Å². The Labute approximate surface area is 193 Å². The van der Waals surface area contributed by atoms with Crippen molar-refractivity contribution in [2.75, 3.05) is 26.4 Å². The molecular formula is C21H40O9P2. The van der Waals surface area contributed by atoms with Crippen molar-refractivity contribution in [2.24, 2.45) is 5.41 Å². The van der Waals surface area contributed by atoms with Gasteiger partial charge in [-0.25, -0.2) is 4.31 Å². The third-order valence-corrected chi connectivity index (χ3v) is 6.02. The van der Waals surface area contributed by atoms with E-state index in [0.717, 1.165) is 23.3 Å². The predicted molar refractivity (Wildman–Crippen MR) is 126 cm³/mol. The molecule has 32 heavy (non-hydrogen) atoms. The minimum atomic E-state index is -2.61. The molecule has 1 aromatic carbocycles. The van der Waals surface area contributed by atoms with Gasteiger partial charge in [0.15, 0.2) is 0 Å². The fraction of sp³-hybridized carbons (Fsp3) is 0.714. The average molecular weight is 498 g/mol. The number of hydrogen-bond donors (Lipinski definition) is 7. The summed E-state index contributed by atoms with van der Waals surface area (Å²) in [7, 11) is -5.22. The van der Waals surface area contributed by atoms with Gasteiger partial charge in [-0.3, -0.25) is 0 Å². The fourth-order valence-corrected chi connectivity index (χ4v) is 3.26. The smallest absolute Gasteiger partial charge is 0.334 e. The first kappa shape index (κ1) is 31.6. The fourth-order valence-electron chi connectivity index (χ4n) is 2.74. The monoisotopic (exact) mass is 498 g/mol. The molecule has 0 saturated carbocycles. The zero-order valence-corrected chi connectivity index (χ0v) is 21.8. The number of hydrogen-bond acceptors (Lipinski definition) is 9. The molecule has 1 rings (SSSR count). The van der Waals surface area contributed by atoms with Gasteiger partial charge in [-0.1, -0.05) is 60.6 Å². The van der Waals surface area contributed by atoms with Crippen LogP contribution in [0.4, 0.5) is 0 Å². The van der Waals surface area contributed by atoms with Gasteiger partial charge >= 0.3 is 17.2 Å². The molecule has 0 aliphatic heterocycles. The zero-order valence-electron chi connectivity index (χ0n) is 20.0. The lowest BCUT2D eigenvalue weighted by atomic mass is 9.78. The standard InChI is InChI=1S/C21H36O4.H4O5P2/c1-8-15-9-16(19(2,3)4)18(17(10-15)20(5,6)7)25-14-21(11-22,12-23)13-24;1-6(2)5-7(3)4/h9-10,22-24H,8,11-14H2,1-7H3;1-4H. The minimum absolute atomic E-state index is 0.0636. The topological polar surface area (TPSA) is 160 Å². The van der Waals surface area contributed by atoms with Crippen molar-refractivity contribution < 1.29 is 43.9 Å². The Kier molecular flexibility index (Phi) is 13.3. The van der Waals surface area contributed by atoms with Crippen LogP contribution in [0.15, 0.2) is 12.1 Å². The molecule has 0 amide bonds. The van der Waals surface area contributed by atoms with Crippen LogP contribution >= 0.6 is 17.2 Å². The van der Waals surface area contributed by atoms with Crippen LogP contribution in [0.2, 0.25) is 0 Å². The maximum atomic E-state index is 9.60. The van der Waals surface area contributed by atoms with E-state index < -0.39 is 22.6 Å². The van der Waals surface area contributed by atoms with E-state index in [1.54, 1.807) is 0 Å². The first-order valence-corrected chi connectivity index (χ1v) is 12.6. The normalized spacial score (nSPS) is 12.8. The molecule has 0 spiro atoms. The summed E-state index contributed by atoms with van der Waals surface area (Å²) in [4.78, 5) is 31.3. The molecule has 0 heterocycles. The summed E-state index contributed by atoms with van der Waals surface area (Å²) in [5, 5.41) is 28.8. The molecule has 7 N–H and O–H groups in total. The Hall–Kier alpha value is -0.440. The molecule has 1 aromatic rings. The van der Waals surface area contributed by atoms with Gasteiger partial charge in [0.2, 0.25) is 0 Å². The molecule has 0 unspecified atom stereocenters. The van der Waals surface area contributed by atoms with Crippen LogP contribution < -0.4 is 4.74 Å². The Morgan fingerprint density at radius 1 is 0.750 bits per heavy atom. The van der Waals surface area contributed by atoms with Crippen LogP contribution in [0.5, 0.6) is 5.75 Å². The van der Waals surface area contributed by atoms with E-state index >= 15 is 0 Å². The molecule has 0 radical (unpaired) electrons. The van der Waals surface area contributed by atoms with Crippen molar-refractivity contribution in [3.8, 4) is 5.75 Å². The van der Waals surface area contributed by atoms with E-state index in [9.17, 15) is 15.3 Å². The van der Waals surface area contributed by atoms with Crippen molar-refractivity contribution in [1.29, 1.82) is 0 Å². The van der Waals surface area contributed by atoms with E-state index in [1.807, 2.05) is 0 Å². The molecule has 0 aromatic heterocycles. The summed E-state index contributed by atoms with van der Waals surface area (Å²) in [6, 6.07) is 4.37. The zero-order chi connectivity index (χ0) is 25.3. The SMILES string of the molecule is CCc1cc(C(C)(C)C)c(OCC(CO)(CO)CO)c(C(C)(C)C)c1.OP(O)OP(O)O. The molecule has 0 saturated heterocycles. The molecule has 0 fully saturated rings. The quantitative estimate of drug-likeness (QED) is 0.254. The largest absolute Gasteiger partial charge is 0.492 e. The predicted octanol–water partition coefficient (Wildman–Crippen LogP) is 2.61. The number of ether oxygens (including phenoxy) is 1. The van der Waals surface area contributed by atoms with Crippen molar-refractivity contribution >= 4 is 17.2 Å². The summed E-state index contributed by atoms with van der Waals surface area (Å²) in [5.41, 5.74) is 2.22. The molecule has 0 atom stereocenters. The van der Waals surface area contributed by atoms with Crippen LogP contribution in [0, 0.1) is 5.41 Å². The van der Waals surface area contributed by atoms with Gasteiger partial charge in [0.05, 0.1) is 25.2 Å². The highest BCUT2D eigenvalue weighted by molar-refractivity contribution is 7.53. The number of aryl methyl sites for hydroxylation is 1. The van der Waals surface area contributed by atoms with Gasteiger partial charge in [-0.2, -0.15) is 0 Å². The first-order valence-electron chi connectivity index (χ1n) is 10.2. The molecule has 0 aliphatic carbocycles. The second kappa shape index (κ2) is 13.4. The van der Waals surface area contributed by atoms with Gasteiger partial charge in [-0.05, 0) is 22.8 Å². The summed E-state index contributed by atoms with van der Waals surface area (Å²) in [5.74, 6) is 0.803. The van der Waals surface area contributed by atoms with E-state index in [4.69, 9.17) is 24.3 Å². The van der Waals surface area contributed by atoms with Crippen molar-refractivity contribution in [2.45, 2.75) is 65.7 Å². The summed E-state index contributed by atoms with van der Waals surface area (Å²) in [6.45, 7) is 14.1. The van der Waals surface area contributed by atoms with Gasteiger partial charge in [0, 0.05) is 11.1 Å². The lowest BCUT2D eigenvalue weighted by Crippen LogP contribution is -2.40. The van der Waals surface area contributed by atoms with Crippen LogP contribution in [0.3, 0.4) is 0 Å². The van der Waals surface area contributed by atoms with E-state index in [0.29, 0.717) is 0 Å². The molecule has 9 nitrogen and oxygen atoms in total. The summed E-state index contributed by atoms with van der Waals surface area (Å²) in [6.07, 6.45) is 0.945. The average Bonchev–Trinajstić information content (AvgIpc) is 2.67. The molecule has 11 heteroatoms. The van der Waals surface area contributed by atoms with Crippen molar-refractivity contribution in [3.05, 3.63) is 28.8 Å². The number of aliphatic hydroxyl groups excluding tert-OH is 3. The second-order valence-corrected chi connectivity index (χ2v) is 11.4. The highest BCUT2D eigenvalue weighted by atomic mass is 31.2. The lowest BCUT2D eigenvalue weighted by molar-refractivity contribution is -0.0265. The lowest BCUT2D eigenvalue weighted by Gasteiger charge is -2.33. The maximum absolute atomic E-state index is 9.60. The van der Waals surface area contributed by atoms with Crippen LogP contribution in [-0.4, -0.2) is 61.3 Å². The van der Waals surface area contributed by atoms with Gasteiger partial charge in [-0.15, -0.1) is 0 Å². The Bertz CT molecular complexity index is 630. The van der Waals surface area contributed by atoms with Gasteiger partial charge in [0.25, 0.3) is 0 Å². The van der Waals surface area contributed by atoms with Crippen LogP contribution in [-0.2, 0) is 21.6 Å². The summed E-state index contributed by atoms with van der Waals surface area (Å²) >= 11 is 0. The second-order valence-electron chi connectivity index (χ2n) is 9.72. The molecule has 0 bridgehead atoms. The first-order chi connectivity index (χ1) is 14.6. The number of benzene rings is 1. The third-order valence-electron chi connectivity index (χ3n) is 4.85. The van der Waals surface area contributed by atoms with Crippen molar-refractivity contribution in [3.63, 3.8) is 0 Å². The molecule has 188 valence electrons. The van der Waals surface area contributed by atoms with E-state index in [1.165, 1.54) is 5.56 Å². The van der Waals surface area contributed by atoms with Crippen molar-refractivity contribution in [1.82, 2.24) is 0 Å². The van der Waals surface area contributed by atoms with Crippen LogP contribution in [0.1, 0.15) is 65.2 Å². The third kappa shape index (κ3) is 10.2. The van der Waals surface area contributed by atoms with Crippen LogP contribution in [0.25, 0.3) is 0 Å².